The SMILES string of the molecule is Cc1cc(CC[C@H]2CN(c3ccc(C(F)(F)F)cn3)CCO2)ncn1. The summed E-state index contributed by atoms with van der Waals surface area (Å²) in [4.78, 5) is 14.2. The van der Waals surface area contributed by atoms with E-state index in [0.717, 1.165) is 36.5 Å². The molecule has 8 heteroatoms. The summed E-state index contributed by atoms with van der Waals surface area (Å²) in [5.41, 5.74) is 1.14. The maximum Gasteiger partial charge on any atom is 0.417 e. The minimum atomic E-state index is -4.37. The maximum atomic E-state index is 12.6. The van der Waals surface area contributed by atoms with Gasteiger partial charge in [0, 0.05) is 30.7 Å². The van der Waals surface area contributed by atoms with Gasteiger partial charge in [0.05, 0.1) is 18.3 Å². The van der Waals surface area contributed by atoms with Crippen LogP contribution < -0.4 is 4.90 Å². The smallest absolute Gasteiger partial charge is 0.375 e. The molecule has 134 valence electrons. The topological polar surface area (TPSA) is 51.1 Å². The molecule has 0 bridgehead atoms. The first-order valence-corrected chi connectivity index (χ1v) is 8.09. The monoisotopic (exact) mass is 352 g/mol. The number of morpholine rings is 1. The lowest BCUT2D eigenvalue weighted by atomic mass is 10.1. The van der Waals surface area contributed by atoms with Gasteiger partial charge >= 0.3 is 6.18 Å². The Kier molecular flexibility index (Phi) is 5.17. The Hall–Kier alpha value is -2.22. The Bertz CT molecular complexity index is 706. The summed E-state index contributed by atoms with van der Waals surface area (Å²) in [6.07, 6.45) is -0.396. The first-order chi connectivity index (χ1) is 11.9. The molecule has 0 saturated carbocycles. The minimum Gasteiger partial charge on any atom is -0.375 e. The largest absolute Gasteiger partial charge is 0.417 e. The van der Waals surface area contributed by atoms with E-state index in [9.17, 15) is 13.2 Å². The van der Waals surface area contributed by atoms with Crippen molar-refractivity contribution in [3.8, 4) is 0 Å². The molecule has 1 fully saturated rings. The van der Waals surface area contributed by atoms with Crippen molar-refractivity contribution < 1.29 is 17.9 Å². The van der Waals surface area contributed by atoms with Gasteiger partial charge in [-0.25, -0.2) is 15.0 Å². The molecule has 1 atom stereocenters. The van der Waals surface area contributed by atoms with E-state index in [1.807, 2.05) is 17.9 Å². The lowest BCUT2D eigenvalue weighted by Crippen LogP contribution is -2.43. The van der Waals surface area contributed by atoms with Gasteiger partial charge in [0.2, 0.25) is 0 Å². The second-order valence-corrected chi connectivity index (χ2v) is 6.03. The predicted molar refractivity (Wildman–Crippen MR) is 86.3 cm³/mol. The van der Waals surface area contributed by atoms with Crippen LogP contribution in [0.4, 0.5) is 19.0 Å². The molecule has 1 saturated heterocycles. The number of aromatic nitrogens is 3. The third-order valence-electron chi connectivity index (χ3n) is 4.12. The van der Waals surface area contributed by atoms with Crippen LogP contribution in [-0.4, -0.2) is 40.8 Å². The number of alkyl halides is 3. The maximum absolute atomic E-state index is 12.6. The standard InChI is InChI=1S/C17H19F3N4O/c1-12-8-14(23-11-22-12)3-4-15-10-24(6-7-25-15)16-5-2-13(9-21-16)17(18,19)20/h2,5,8-9,11,15H,3-4,6-7,10H2,1H3/t15-/m0/s1. The highest BCUT2D eigenvalue weighted by atomic mass is 19.4. The molecule has 0 amide bonds. The molecular weight excluding hydrogens is 333 g/mol. The Labute approximate surface area is 143 Å². The molecule has 3 rings (SSSR count). The molecule has 1 aliphatic rings. The van der Waals surface area contributed by atoms with Gasteiger partial charge in [-0.2, -0.15) is 13.2 Å². The van der Waals surface area contributed by atoms with Crippen molar-refractivity contribution in [1.29, 1.82) is 0 Å². The molecular formula is C17H19F3N4O. The summed E-state index contributed by atoms with van der Waals surface area (Å²) < 4.78 is 43.7. The first-order valence-electron chi connectivity index (χ1n) is 8.09. The molecule has 2 aromatic heterocycles. The Morgan fingerprint density at radius 3 is 2.76 bits per heavy atom. The first kappa shape index (κ1) is 17.6. The minimum absolute atomic E-state index is 0.00638. The van der Waals surface area contributed by atoms with E-state index >= 15 is 0 Å². The number of halogens is 3. The van der Waals surface area contributed by atoms with E-state index < -0.39 is 11.7 Å². The van der Waals surface area contributed by atoms with Gasteiger partial charge in [-0.1, -0.05) is 0 Å². The molecule has 0 aliphatic carbocycles. The predicted octanol–water partition coefficient (Wildman–Crippen LogP) is 3.04. The van der Waals surface area contributed by atoms with Crippen LogP contribution >= 0.6 is 0 Å². The fraction of sp³-hybridized carbons (Fsp3) is 0.471. The van der Waals surface area contributed by atoms with Crippen molar-refractivity contribution >= 4 is 5.82 Å². The Balaban J connectivity index is 1.59. The number of anilines is 1. The van der Waals surface area contributed by atoms with Crippen LogP contribution in [-0.2, 0) is 17.3 Å². The zero-order valence-corrected chi connectivity index (χ0v) is 13.8. The van der Waals surface area contributed by atoms with E-state index in [-0.39, 0.29) is 6.10 Å². The Morgan fingerprint density at radius 2 is 2.08 bits per heavy atom. The highest BCUT2D eigenvalue weighted by molar-refractivity contribution is 5.40. The molecule has 1 aliphatic heterocycles. The second kappa shape index (κ2) is 7.35. The third kappa shape index (κ3) is 4.66. The fourth-order valence-corrected chi connectivity index (χ4v) is 2.80. The van der Waals surface area contributed by atoms with Gasteiger partial charge in [-0.05, 0) is 38.0 Å². The second-order valence-electron chi connectivity index (χ2n) is 6.03. The summed E-state index contributed by atoms with van der Waals surface area (Å²) in [6.45, 7) is 3.65. The summed E-state index contributed by atoms with van der Waals surface area (Å²) in [7, 11) is 0. The van der Waals surface area contributed by atoms with Gasteiger partial charge in [0.25, 0.3) is 0 Å². The third-order valence-corrected chi connectivity index (χ3v) is 4.12. The van der Waals surface area contributed by atoms with Crippen molar-refractivity contribution in [2.45, 2.75) is 32.0 Å². The number of nitrogens with zero attached hydrogens (tertiary/aromatic N) is 4. The van der Waals surface area contributed by atoms with Crippen LogP contribution in [0, 0.1) is 6.92 Å². The van der Waals surface area contributed by atoms with E-state index in [2.05, 4.69) is 15.0 Å². The lowest BCUT2D eigenvalue weighted by Gasteiger charge is -2.33. The number of pyridine rings is 1. The highest BCUT2D eigenvalue weighted by Gasteiger charge is 2.31. The van der Waals surface area contributed by atoms with Crippen molar-refractivity contribution in [1.82, 2.24) is 15.0 Å². The van der Waals surface area contributed by atoms with Crippen LogP contribution in [0.25, 0.3) is 0 Å². The molecule has 0 spiro atoms. The number of aryl methyl sites for hydroxylation is 2. The normalized spacial score (nSPS) is 18.4. The van der Waals surface area contributed by atoms with E-state index in [1.54, 1.807) is 6.33 Å². The molecule has 0 radical (unpaired) electrons. The van der Waals surface area contributed by atoms with Crippen molar-refractivity contribution in [3.05, 3.63) is 47.7 Å². The summed E-state index contributed by atoms with van der Waals surface area (Å²) in [5.74, 6) is 0.541. The number of hydrogen-bond donors (Lipinski definition) is 0. The van der Waals surface area contributed by atoms with Crippen LogP contribution in [0.1, 0.15) is 23.4 Å². The van der Waals surface area contributed by atoms with Crippen molar-refractivity contribution in [2.75, 3.05) is 24.6 Å². The molecule has 0 unspecified atom stereocenters. The number of hydrogen-bond acceptors (Lipinski definition) is 5. The molecule has 5 nitrogen and oxygen atoms in total. The zero-order valence-electron chi connectivity index (χ0n) is 13.8. The number of rotatable bonds is 4. The lowest BCUT2D eigenvalue weighted by molar-refractivity contribution is -0.137. The molecule has 25 heavy (non-hydrogen) atoms. The average Bonchev–Trinajstić information content (AvgIpc) is 2.60. The quantitative estimate of drug-likeness (QED) is 0.847. The van der Waals surface area contributed by atoms with Gasteiger partial charge in [-0.15, -0.1) is 0 Å². The fourth-order valence-electron chi connectivity index (χ4n) is 2.80. The summed E-state index contributed by atoms with van der Waals surface area (Å²) in [5, 5.41) is 0. The summed E-state index contributed by atoms with van der Waals surface area (Å²) in [6, 6.07) is 4.42. The van der Waals surface area contributed by atoms with Crippen molar-refractivity contribution in [2.24, 2.45) is 0 Å². The summed E-state index contributed by atoms with van der Waals surface area (Å²) >= 11 is 0. The van der Waals surface area contributed by atoms with Crippen LogP contribution in [0.3, 0.4) is 0 Å². The molecule has 0 aromatic carbocycles. The van der Waals surface area contributed by atoms with E-state index in [4.69, 9.17) is 4.74 Å². The van der Waals surface area contributed by atoms with Gasteiger partial charge in [0.15, 0.2) is 0 Å². The van der Waals surface area contributed by atoms with Crippen LogP contribution in [0.15, 0.2) is 30.7 Å². The van der Waals surface area contributed by atoms with Gasteiger partial charge in [0.1, 0.15) is 12.1 Å². The van der Waals surface area contributed by atoms with Crippen LogP contribution in [0.2, 0.25) is 0 Å². The van der Waals surface area contributed by atoms with E-state index in [1.165, 1.54) is 6.07 Å². The highest BCUT2D eigenvalue weighted by Crippen LogP contribution is 2.29. The van der Waals surface area contributed by atoms with Gasteiger partial charge < -0.3 is 9.64 Å². The zero-order chi connectivity index (χ0) is 17.9. The molecule has 2 aromatic rings. The number of ether oxygens (including phenoxy) is 1. The van der Waals surface area contributed by atoms with Gasteiger partial charge in [-0.3, -0.25) is 0 Å². The molecule has 0 N–H and O–H groups in total. The Morgan fingerprint density at radius 1 is 1.24 bits per heavy atom. The molecule has 3 heterocycles. The van der Waals surface area contributed by atoms with Crippen LogP contribution in [0.5, 0.6) is 0 Å². The average molecular weight is 352 g/mol. The van der Waals surface area contributed by atoms with Crippen molar-refractivity contribution in [3.63, 3.8) is 0 Å². The van der Waals surface area contributed by atoms with E-state index in [0.29, 0.717) is 25.5 Å².